The van der Waals surface area contributed by atoms with E-state index in [4.69, 9.17) is 5.73 Å². The second-order valence-corrected chi connectivity index (χ2v) is 12.6. The lowest BCUT2D eigenvalue weighted by molar-refractivity contribution is -0.190. The van der Waals surface area contributed by atoms with Gasteiger partial charge in [0.15, 0.2) is 23.0 Å². The molecule has 2 aromatic carbocycles. The number of hydrogen-bond donors (Lipinski definition) is 5. The van der Waals surface area contributed by atoms with Gasteiger partial charge in [-0.3, -0.25) is 24.0 Å². The van der Waals surface area contributed by atoms with Crippen molar-refractivity contribution in [2.24, 2.45) is 29.4 Å². The number of ketones is 3. The molecule has 0 bridgehead atoms. The molecule has 2 fully saturated rings. The molecular weight excluding hydrogens is 580 g/mol. The lowest BCUT2D eigenvalue weighted by Crippen LogP contribution is -2.75. The molecule has 12 nitrogen and oxygen atoms in total. The molecule has 0 spiro atoms. The predicted molar refractivity (Wildman–Crippen MR) is 162 cm³/mol. The van der Waals surface area contributed by atoms with Gasteiger partial charge in [-0.25, -0.2) is 0 Å². The Bertz CT molecular complexity index is 1660. The van der Waals surface area contributed by atoms with Gasteiger partial charge in [-0.05, 0) is 88.9 Å². The highest BCUT2D eigenvalue weighted by Gasteiger charge is 2.69. The van der Waals surface area contributed by atoms with E-state index in [1.165, 1.54) is 11.0 Å². The number of primary amides is 1. The van der Waals surface area contributed by atoms with Crippen molar-refractivity contribution in [3.8, 4) is 17.6 Å². The highest BCUT2D eigenvalue weighted by Crippen LogP contribution is 2.51. The molecule has 12 heteroatoms. The highest BCUT2D eigenvalue weighted by atomic mass is 16.3. The standard InChI is InChI=1S/C33H36N4O8/c1-36(2)15-23(39)35-19-10-6-16(7-11-19)5-8-17-9-12-22(38)25-20(17)13-18-14-21-27(37(3)4)29(41)26(32(34)44)31(43)33(21,45)30(42)24(18)28(25)40/h6-7,9-12,18,21,24,26-27,29,38,41,45H,13-15H2,1-4H3,(H2,34,44)(H,35,39)/t18-,21-,24?,26?,27-,29?,33-/m1/s1. The van der Waals surface area contributed by atoms with Gasteiger partial charge >= 0.3 is 0 Å². The number of carbonyl (C=O) groups is 5. The molecule has 5 rings (SSSR count). The van der Waals surface area contributed by atoms with E-state index in [1.807, 2.05) is 0 Å². The van der Waals surface area contributed by atoms with Gasteiger partial charge in [-0.15, -0.1) is 0 Å². The summed E-state index contributed by atoms with van der Waals surface area (Å²) in [5, 5.41) is 36.3. The van der Waals surface area contributed by atoms with Crippen LogP contribution < -0.4 is 11.1 Å². The van der Waals surface area contributed by atoms with Crippen LogP contribution in [0.4, 0.5) is 5.69 Å². The lowest BCUT2D eigenvalue weighted by Gasteiger charge is -2.54. The molecule has 0 saturated heterocycles. The minimum Gasteiger partial charge on any atom is -0.507 e. The fourth-order valence-corrected chi connectivity index (χ4v) is 7.20. The molecule has 3 unspecified atom stereocenters. The van der Waals surface area contributed by atoms with Crippen LogP contribution >= 0.6 is 0 Å². The van der Waals surface area contributed by atoms with Crippen LogP contribution in [0.15, 0.2) is 36.4 Å². The minimum absolute atomic E-state index is 0.0126. The third-order valence-electron chi connectivity index (χ3n) is 9.14. The number of aliphatic hydroxyl groups is 2. The zero-order valence-corrected chi connectivity index (χ0v) is 25.4. The normalized spacial score (nSPS) is 28.9. The van der Waals surface area contributed by atoms with Gasteiger partial charge in [0.2, 0.25) is 11.8 Å². The fraction of sp³-hybridized carbons (Fsp3) is 0.424. The molecule has 45 heavy (non-hydrogen) atoms. The maximum Gasteiger partial charge on any atom is 0.238 e. The molecule has 0 aromatic heterocycles. The van der Waals surface area contributed by atoms with Crippen LogP contribution in [0.3, 0.4) is 0 Å². The fourth-order valence-electron chi connectivity index (χ4n) is 7.20. The Morgan fingerprint density at radius 1 is 1.02 bits per heavy atom. The van der Waals surface area contributed by atoms with Crippen molar-refractivity contribution in [3.05, 3.63) is 58.7 Å². The Kier molecular flexibility index (Phi) is 8.41. The summed E-state index contributed by atoms with van der Waals surface area (Å²) in [4.78, 5) is 68.8. The third kappa shape index (κ3) is 5.42. The van der Waals surface area contributed by atoms with E-state index in [-0.39, 0.29) is 36.6 Å². The number of nitrogens with two attached hydrogens (primary N) is 1. The van der Waals surface area contributed by atoms with Gasteiger partial charge < -0.3 is 36.2 Å². The maximum atomic E-state index is 14.0. The predicted octanol–water partition coefficient (Wildman–Crippen LogP) is -0.441. The number of phenolic OH excluding ortho intramolecular Hbond substituents is 1. The minimum atomic E-state index is -2.71. The Balaban J connectivity index is 1.49. The maximum absolute atomic E-state index is 14.0. The summed E-state index contributed by atoms with van der Waals surface area (Å²) in [6, 6.07) is 8.82. The van der Waals surface area contributed by atoms with E-state index < -0.39 is 64.7 Å². The number of fused-ring (bicyclic) bond motifs is 3. The lowest BCUT2D eigenvalue weighted by atomic mass is 9.52. The molecular formula is C33H36N4O8. The largest absolute Gasteiger partial charge is 0.507 e. The number of amides is 2. The zero-order chi connectivity index (χ0) is 33.0. The number of likely N-dealkylation sites (N-methyl/N-ethyl adjacent to an activating group) is 2. The monoisotopic (exact) mass is 616 g/mol. The molecule has 3 aliphatic rings. The summed E-state index contributed by atoms with van der Waals surface area (Å²) in [6.45, 7) is 0.236. The van der Waals surface area contributed by atoms with Gasteiger partial charge in [0.1, 0.15) is 11.7 Å². The smallest absolute Gasteiger partial charge is 0.238 e. The number of aliphatic hydroxyl groups excluding tert-OH is 1. The molecule has 3 aliphatic carbocycles. The Morgan fingerprint density at radius 2 is 1.69 bits per heavy atom. The first-order valence-corrected chi connectivity index (χ1v) is 14.6. The Labute approximate surface area is 260 Å². The number of rotatable bonds is 5. The van der Waals surface area contributed by atoms with Gasteiger partial charge in [-0.2, -0.15) is 0 Å². The Hall–Kier alpha value is -4.41. The molecule has 0 heterocycles. The van der Waals surface area contributed by atoms with Crippen LogP contribution in [-0.2, 0) is 25.6 Å². The highest BCUT2D eigenvalue weighted by molar-refractivity contribution is 6.25. The number of Topliss-reactive ketones (excluding diaryl/α,β-unsaturated/α-hetero) is 3. The number of nitrogens with zero attached hydrogens (tertiary/aromatic N) is 2. The van der Waals surface area contributed by atoms with E-state index in [0.717, 1.165) is 0 Å². The number of benzene rings is 2. The summed E-state index contributed by atoms with van der Waals surface area (Å²) >= 11 is 0. The summed E-state index contributed by atoms with van der Waals surface area (Å²) in [6.07, 6.45) is -1.41. The van der Waals surface area contributed by atoms with E-state index in [1.54, 1.807) is 63.4 Å². The number of aromatic hydroxyl groups is 1. The van der Waals surface area contributed by atoms with Crippen molar-refractivity contribution >= 4 is 34.9 Å². The van der Waals surface area contributed by atoms with E-state index in [2.05, 4.69) is 17.2 Å². The van der Waals surface area contributed by atoms with E-state index in [0.29, 0.717) is 22.4 Å². The molecule has 236 valence electrons. The Morgan fingerprint density at radius 3 is 2.29 bits per heavy atom. The second-order valence-electron chi connectivity index (χ2n) is 12.6. The SMILES string of the molecule is CN(C)CC(=O)Nc1ccc(C#Cc2ccc(O)c3c2C[C@@H]2C[C@@H]4[C@@H](N(C)C)C(O)C(C(N)=O)C(=O)[C@]4(O)C(=O)C2C3=O)cc1. The third-order valence-corrected chi connectivity index (χ3v) is 9.14. The van der Waals surface area contributed by atoms with E-state index >= 15 is 0 Å². The van der Waals surface area contributed by atoms with Gasteiger partial charge in [0.05, 0.1) is 24.1 Å². The molecule has 0 aliphatic heterocycles. The summed E-state index contributed by atoms with van der Waals surface area (Å²) in [5.74, 6) is -3.65. The molecule has 2 amide bonds. The average molecular weight is 617 g/mol. The number of nitrogens with one attached hydrogen (secondary N) is 1. The summed E-state index contributed by atoms with van der Waals surface area (Å²) < 4.78 is 0. The van der Waals surface area contributed by atoms with Gasteiger partial charge in [0.25, 0.3) is 0 Å². The molecule has 6 N–H and O–H groups in total. The van der Waals surface area contributed by atoms with Crippen LogP contribution in [-0.4, -0.2) is 107 Å². The second kappa shape index (κ2) is 11.8. The van der Waals surface area contributed by atoms with Crippen LogP contribution in [0.25, 0.3) is 0 Å². The first-order chi connectivity index (χ1) is 21.2. The molecule has 7 atom stereocenters. The van der Waals surface area contributed by atoms with Crippen molar-refractivity contribution in [2.45, 2.75) is 30.6 Å². The van der Waals surface area contributed by atoms with Crippen LogP contribution in [0, 0.1) is 35.5 Å². The summed E-state index contributed by atoms with van der Waals surface area (Å²) in [7, 11) is 6.77. The van der Waals surface area contributed by atoms with Crippen molar-refractivity contribution in [1.82, 2.24) is 9.80 Å². The van der Waals surface area contributed by atoms with Gasteiger partial charge in [-0.1, -0.05) is 11.8 Å². The first-order valence-electron chi connectivity index (χ1n) is 14.6. The van der Waals surface area contributed by atoms with Crippen molar-refractivity contribution in [3.63, 3.8) is 0 Å². The molecule has 2 aromatic rings. The van der Waals surface area contributed by atoms with Crippen molar-refractivity contribution in [1.29, 1.82) is 0 Å². The first kappa shape index (κ1) is 32.0. The van der Waals surface area contributed by atoms with Crippen molar-refractivity contribution in [2.75, 3.05) is 40.1 Å². The van der Waals surface area contributed by atoms with Crippen LogP contribution in [0.1, 0.15) is 33.5 Å². The van der Waals surface area contributed by atoms with Crippen LogP contribution in [0.5, 0.6) is 5.75 Å². The van der Waals surface area contributed by atoms with Crippen LogP contribution in [0.2, 0.25) is 0 Å². The number of phenols is 1. The topological polar surface area (TPSA) is 191 Å². The number of anilines is 1. The van der Waals surface area contributed by atoms with Gasteiger partial charge in [0, 0.05) is 28.8 Å². The molecule has 0 radical (unpaired) electrons. The number of carbonyl (C=O) groups excluding carboxylic acids is 5. The molecule has 2 saturated carbocycles. The quantitative estimate of drug-likeness (QED) is 0.217. The average Bonchev–Trinajstić information content (AvgIpc) is 2.94. The number of hydrogen-bond acceptors (Lipinski definition) is 10. The van der Waals surface area contributed by atoms with E-state index in [9.17, 15) is 39.3 Å². The summed E-state index contributed by atoms with van der Waals surface area (Å²) in [5.41, 5.74) is 4.75. The van der Waals surface area contributed by atoms with Crippen molar-refractivity contribution < 1.29 is 39.3 Å². The zero-order valence-electron chi connectivity index (χ0n) is 25.4.